The van der Waals surface area contributed by atoms with E-state index in [1.165, 1.54) is 43.4 Å². The number of carbonyl (C=O) groups excluding carboxylic acids is 3. The molecule has 1 unspecified atom stereocenters. The van der Waals surface area contributed by atoms with Crippen molar-refractivity contribution in [2.75, 3.05) is 24.4 Å². The molecule has 42 heavy (non-hydrogen) atoms. The van der Waals surface area contributed by atoms with Crippen LogP contribution in [0.15, 0.2) is 71.6 Å². The minimum Gasteiger partial charge on any atom is -0.497 e. The Hall–Kier alpha value is -4.91. The Balaban J connectivity index is 1.57. The highest BCUT2D eigenvalue weighted by molar-refractivity contribution is 7.90. The number of fused-ring (bicyclic) bond motifs is 1. The van der Waals surface area contributed by atoms with Crippen LogP contribution in [-0.2, 0) is 21.4 Å². The first-order valence-electron chi connectivity index (χ1n) is 12.9. The van der Waals surface area contributed by atoms with Crippen molar-refractivity contribution < 1.29 is 37.4 Å². The molecule has 1 heterocycles. The average molecular weight is 595 g/mol. The number of anilines is 2. The molecular weight excluding hydrogens is 564 g/mol. The lowest BCUT2D eigenvalue weighted by atomic mass is 10.0. The van der Waals surface area contributed by atoms with Gasteiger partial charge in [-0.2, -0.15) is 0 Å². The summed E-state index contributed by atoms with van der Waals surface area (Å²) in [6.45, 7) is 3.65. The molecule has 1 aliphatic rings. The van der Waals surface area contributed by atoms with Crippen molar-refractivity contribution in [2.24, 2.45) is 5.92 Å². The van der Waals surface area contributed by atoms with E-state index in [2.05, 4.69) is 10.6 Å². The summed E-state index contributed by atoms with van der Waals surface area (Å²) in [5.41, 5.74) is 1.12. The molecule has 12 nitrogen and oxygen atoms in total. The smallest absolute Gasteiger partial charge is 0.345 e. The number of carbonyl (C=O) groups is 4. The van der Waals surface area contributed by atoms with Crippen LogP contribution in [0.4, 0.5) is 16.2 Å². The van der Waals surface area contributed by atoms with Crippen molar-refractivity contribution in [3.05, 3.63) is 83.4 Å². The lowest BCUT2D eigenvalue weighted by Gasteiger charge is -2.33. The number of imide groups is 1. The van der Waals surface area contributed by atoms with Crippen molar-refractivity contribution in [2.45, 2.75) is 31.3 Å². The van der Waals surface area contributed by atoms with Crippen molar-refractivity contribution in [1.29, 1.82) is 0 Å². The monoisotopic (exact) mass is 594 g/mol. The molecule has 0 aromatic heterocycles. The molecule has 220 valence electrons. The maximum Gasteiger partial charge on any atom is 0.345 e. The third-order valence-corrected chi connectivity index (χ3v) is 8.43. The molecule has 0 radical (unpaired) electrons. The number of rotatable bonds is 9. The Morgan fingerprint density at radius 2 is 1.57 bits per heavy atom. The van der Waals surface area contributed by atoms with E-state index in [0.717, 1.165) is 16.5 Å². The fourth-order valence-corrected chi connectivity index (χ4v) is 5.92. The fourth-order valence-electron chi connectivity index (χ4n) is 4.32. The van der Waals surface area contributed by atoms with Crippen LogP contribution < -0.4 is 20.3 Å². The maximum atomic E-state index is 13.6. The summed E-state index contributed by atoms with van der Waals surface area (Å²) in [7, 11) is -1.82. The van der Waals surface area contributed by atoms with Crippen molar-refractivity contribution in [3.8, 4) is 5.75 Å². The molecule has 1 aliphatic heterocycles. The Bertz CT molecular complexity index is 1640. The highest BCUT2D eigenvalue weighted by Crippen LogP contribution is 2.35. The molecule has 0 bridgehead atoms. The van der Waals surface area contributed by atoms with Crippen LogP contribution in [0.1, 0.15) is 40.1 Å². The summed E-state index contributed by atoms with van der Waals surface area (Å²) in [6, 6.07) is 14.4. The van der Waals surface area contributed by atoms with Gasteiger partial charge in [-0.3, -0.25) is 14.5 Å². The molecule has 4 amide bonds. The number of hydrogen-bond donors (Lipinski definition) is 3. The van der Waals surface area contributed by atoms with Gasteiger partial charge in [0.05, 0.1) is 12.8 Å². The van der Waals surface area contributed by atoms with Gasteiger partial charge in [-0.15, -0.1) is 4.31 Å². The number of benzene rings is 3. The minimum absolute atomic E-state index is 0.0173. The van der Waals surface area contributed by atoms with Crippen LogP contribution in [0.5, 0.6) is 5.75 Å². The molecule has 1 atom stereocenters. The zero-order valence-electron chi connectivity index (χ0n) is 23.3. The third-order valence-electron chi connectivity index (χ3n) is 6.75. The summed E-state index contributed by atoms with van der Waals surface area (Å²) < 4.78 is 32.5. The number of urea groups is 1. The number of amides is 4. The molecule has 3 aromatic rings. The standard InChI is InChI=1S/C29H30N4O8S/c1-17(2)25(28(36)37)31-21-10-7-19(8-11-21)27(35)33-29(38)32(3)23-14-9-20(15-24(23)42(33,39)40)26(34)30-16-18-5-12-22(41-4)13-6-18/h5-15,17,25,31H,16H2,1-4H3,(H,30,34)(H,36,37). The predicted octanol–water partition coefficient (Wildman–Crippen LogP) is 3.55. The van der Waals surface area contributed by atoms with Crippen LogP contribution in [0.3, 0.4) is 0 Å². The summed E-state index contributed by atoms with van der Waals surface area (Å²) in [5, 5.41) is 15.0. The highest BCUT2D eigenvalue weighted by Gasteiger charge is 2.44. The first kappa shape index (κ1) is 30.1. The Kier molecular flexibility index (Phi) is 8.52. The second-order valence-corrected chi connectivity index (χ2v) is 11.7. The number of hydrogen-bond acceptors (Lipinski definition) is 8. The van der Waals surface area contributed by atoms with E-state index in [9.17, 15) is 32.7 Å². The zero-order chi connectivity index (χ0) is 30.8. The summed E-state index contributed by atoms with van der Waals surface area (Å²) in [5.74, 6) is -2.27. The van der Waals surface area contributed by atoms with E-state index < -0.39 is 39.9 Å². The Morgan fingerprint density at radius 3 is 2.14 bits per heavy atom. The Labute approximate surface area is 242 Å². The topological polar surface area (TPSA) is 162 Å². The summed E-state index contributed by atoms with van der Waals surface area (Å²) in [6.07, 6.45) is 0. The molecule has 13 heteroatoms. The summed E-state index contributed by atoms with van der Waals surface area (Å²) >= 11 is 0. The maximum absolute atomic E-state index is 13.6. The second-order valence-electron chi connectivity index (χ2n) is 9.91. The summed E-state index contributed by atoms with van der Waals surface area (Å²) in [4.78, 5) is 51.5. The number of nitrogens with zero attached hydrogens (tertiary/aromatic N) is 2. The fraction of sp³-hybridized carbons (Fsp3) is 0.241. The van der Waals surface area contributed by atoms with Crippen LogP contribution in [0, 0.1) is 5.92 Å². The molecule has 0 saturated heterocycles. The third kappa shape index (κ3) is 5.91. The van der Waals surface area contributed by atoms with Crippen molar-refractivity contribution in [1.82, 2.24) is 9.62 Å². The van der Waals surface area contributed by atoms with Crippen molar-refractivity contribution in [3.63, 3.8) is 0 Å². The van der Waals surface area contributed by atoms with Gasteiger partial charge >= 0.3 is 12.0 Å². The van der Waals surface area contributed by atoms with Gasteiger partial charge in [-0.25, -0.2) is 18.0 Å². The highest BCUT2D eigenvalue weighted by atomic mass is 32.2. The van der Waals surface area contributed by atoms with Crippen molar-refractivity contribution >= 4 is 45.2 Å². The van der Waals surface area contributed by atoms with Crippen LogP contribution in [0.2, 0.25) is 0 Å². The number of carboxylic acids is 1. The SMILES string of the molecule is COc1ccc(CNC(=O)c2ccc3c(c2)S(=O)(=O)N(C(=O)c2ccc(NC(C(=O)O)C(C)C)cc2)C(=O)N3C)cc1. The molecule has 0 saturated carbocycles. The van der Waals surface area contributed by atoms with Crippen LogP contribution >= 0.6 is 0 Å². The second kappa shape index (κ2) is 11.9. The lowest BCUT2D eigenvalue weighted by Crippen LogP contribution is -2.52. The lowest BCUT2D eigenvalue weighted by molar-refractivity contribution is -0.138. The molecule has 4 rings (SSSR count). The number of ether oxygens (including phenoxy) is 1. The van der Waals surface area contributed by atoms with Gasteiger partial charge in [0.25, 0.3) is 21.8 Å². The van der Waals surface area contributed by atoms with Gasteiger partial charge in [-0.1, -0.05) is 26.0 Å². The molecule has 0 fully saturated rings. The molecular formula is C29H30N4O8S. The first-order chi connectivity index (χ1) is 19.8. The van der Waals surface area contributed by atoms with Crippen LogP contribution in [-0.4, -0.2) is 61.8 Å². The number of nitrogens with one attached hydrogen (secondary N) is 2. The average Bonchev–Trinajstić information content (AvgIpc) is 2.97. The van der Waals surface area contributed by atoms with E-state index in [1.807, 2.05) is 0 Å². The minimum atomic E-state index is -4.69. The van der Waals surface area contributed by atoms with E-state index >= 15 is 0 Å². The molecule has 0 aliphatic carbocycles. The van der Waals surface area contributed by atoms with E-state index in [1.54, 1.807) is 45.2 Å². The number of methoxy groups -OCH3 is 1. The number of sulfonamides is 1. The van der Waals surface area contributed by atoms with E-state index in [0.29, 0.717) is 11.4 Å². The molecule has 3 aromatic carbocycles. The van der Waals surface area contributed by atoms with Gasteiger partial charge in [0.15, 0.2) is 0 Å². The normalized spacial score (nSPS) is 14.6. The predicted molar refractivity (Wildman–Crippen MR) is 154 cm³/mol. The number of carboxylic acid groups (broad SMARTS) is 1. The van der Waals surface area contributed by atoms with Gasteiger partial charge < -0.3 is 20.5 Å². The van der Waals surface area contributed by atoms with E-state index in [4.69, 9.17) is 4.74 Å². The zero-order valence-corrected chi connectivity index (χ0v) is 24.1. The number of aliphatic carboxylic acids is 1. The largest absolute Gasteiger partial charge is 0.497 e. The molecule has 0 spiro atoms. The van der Waals surface area contributed by atoms with E-state index in [-0.39, 0.29) is 38.5 Å². The Morgan fingerprint density at radius 1 is 0.952 bits per heavy atom. The van der Waals surface area contributed by atoms with Crippen LogP contribution in [0.25, 0.3) is 0 Å². The van der Waals surface area contributed by atoms with Gasteiger partial charge in [0.1, 0.15) is 16.7 Å². The first-order valence-corrected chi connectivity index (χ1v) is 14.3. The van der Waals surface area contributed by atoms with Gasteiger partial charge in [0, 0.05) is 30.4 Å². The van der Waals surface area contributed by atoms with Gasteiger partial charge in [0.2, 0.25) is 0 Å². The van der Waals surface area contributed by atoms with Gasteiger partial charge in [-0.05, 0) is 66.1 Å². The quantitative estimate of drug-likeness (QED) is 0.336. The molecule has 3 N–H and O–H groups in total.